The largest absolute Gasteiger partial charge is 0.407 e. The quantitative estimate of drug-likeness (QED) is 0.463. The van der Waals surface area contributed by atoms with Gasteiger partial charge in [-0.3, -0.25) is 14.9 Å². The minimum atomic E-state index is -4.71. The fourth-order valence-corrected chi connectivity index (χ4v) is 5.23. The molecule has 2 aromatic rings. The Kier molecular flexibility index (Phi) is 9.29. The third kappa shape index (κ3) is 7.89. The van der Waals surface area contributed by atoms with Crippen LogP contribution in [0.5, 0.6) is 0 Å². The summed E-state index contributed by atoms with van der Waals surface area (Å²) in [6.07, 6.45) is -3.49. The Balaban J connectivity index is 1.85. The molecule has 1 heterocycles. The Hall–Kier alpha value is -2.76. The van der Waals surface area contributed by atoms with Crippen LogP contribution in [0, 0.1) is 11.3 Å². The van der Waals surface area contributed by atoms with Gasteiger partial charge in [0.1, 0.15) is 12.6 Å². The normalized spacial score (nSPS) is 19.5. The Morgan fingerprint density at radius 3 is 2.05 bits per heavy atom. The topological polar surface area (TPSA) is 102 Å². The molecule has 2 aromatic carbocycles. The second-order valence-electron chi connectivity index (χ2n) is 11.1. The number of ether oxygens (including phenoxy) is 1. The SMILES string of the molecule is CC(C)C[C@H](N[C@@H](c1ccc(-c2ccc(S(C)(=O)=O)cc2)cc1)C(F)(F)F)C(=O)NC1C(=O)COCC1(C)C. The van der Waals surface area contributed by atoms with Crippen molar-refractivity contribution >= 4 is 21.5 Å². The van der Waals surface area contributed by atoms with E-state index in [1.165, 1.54) is 36.4 Å². The predicted octanol–water partition coefficient (Wildman–Crippen LogP) is 4.48. The molecule has 7 nitrogen and oxygen atoms in total. The number of Topliss-reactive ketones (excluding diaryl/α,β-unsaturated/α-hetero) is 1. The first-order valence-corrected chi connectivity index (χ1v) is 14.5. The van der Waals surface area contributed by atoms with E-state index in [1.807, 2.05) is 0 Å². The molecule has 1 fully saturated rings. The van der Waals surface area contributed by atoms with Gasteiger partial charge in [-0.25, -0.2) is 8.42 Å². The fraction of sp³-hybridized carbons (Fsp3) is 0.500. The summed E-state index contributed by atoms with van der Waals surface area (Å²) in [7, 11) is -3.37. The maximum Gasteiger partial charge on any atom is 0.407 e. The number of halogens is 3. The molecule has 1 aliphatic heterocycles. The molecule has 3 atom stereocenters. The number of ketones is 1. The first-order valence-electron chi connectivity index (χ1n) is 12.6. The molecule has 2 N–H and O–H groups in total. The smallest absolute Gasteiger partial charge is 0.373 e. The highest BCUT2D eigenvalue weighted by Crippen LogP contribution is 2.35. The molecule has 11 heteroatoms. The van der Waals surface area contributed by atoms with E-state index < -0.39 is 45.5 Å². The van der Waals surface area contributed by atoms with E-state index >= 15 is 0 Å². The number of benzene rings is 2. The molecule has 0 bridgehead atoms. The number of alkyl halides is 3. The van der Waals surface area contributed by atoms with Crippen LogP contribution in [0.2, 0.25) is 0 Å². The van der Waals surface area contributed by atoms with Gasteiger partial charge in [0.25, 0.3) is 0 Å². The zero-order valence-corrected chi connectivity index (χ0v) is 23.4. The Bertz CT molecular complexity index is 1270. The van der Waals surface area contributed by atoms with Gasteiger partial charge >= 0.3 is 6.18 Å². The average Bonchev–Trinajstić information content (AvgIpc) is 2.82. The zero-order valence-electron chi connectivity index (χ0n) is 22.6. The summed E-state index contributed by atoms with van der Waals surface area (Å²) >= 11 is 0. The molecule has 1 saturated heterocycles. The number of rotatable bonds is 9. The van der Waals surface area contributed by atoms with Crippen LogP contribution in [0.3, 0.4) is 0 Å². The monoisotopic (exact) mass is 568 g/mol. The number of amides is 1. The number of nitrogens with one attached hydrogen (secondary N) is 2. The summed E-state index contributed by atoms with van der Waals surface area (Å²) < 4.78 is 71.5. The second kappa shape index (κ2) is 11.8. The van der Waals surface area contributed by atoms with Crippen LogP contribution in [0.4, 0.5) is 13.2 Å². The van der Waals surface area contributed by atoms with Crippen LogP contribution in [0.25, 0.3) is 11.1 Å². The van der Waals surface area contributed by atoms with Crippen LogP contribution in [-0.4, -0.2) is 57.8 Å². The van der Waals surface area contributed by atoms with Crippen LogP contribution in [-0.2, 0) is 24.2 Å². The number of hydrogen-bond donors (Lipinski definition) is 2. The molecular weight excluding hydrogens is 533 g/mol. The predicted molar refractivity (Wildman–Crippen MR) is 142 cm³/mol. The number of hydrogen-bond acceptors (Lipinski definition) is 6. The zero-order chi connectivity index (χ0) is 29.2. The molecule has 0 aliphatic carbocycles. The molecule has 214 valence electrons. The maximum absolute atomic E-state index is 14.3. The van der Waals surface area contributed by atoms with Crippen LogP contribution in [0.15, 0.2) is 53.4 Å². The van der Waals surface area contributed by atoms with E-state index in [4.69, 9.17) is 4.74 Å². The van der Waals surface area contributed by atoms with E-state index in [-0.39, 0.29) is 41.8 Å². The Morgan fingerprint density at radius 1 is 1.05 bits per heavy atom. The number of carbonyl (C=O) groups is 2. The second-order valence-corrected chi connectivity index (χ2v) is 13.1. The Labute approximate surface area is 227 Å². The van der Waals surface area contributed by atoms with E-state index in [2.05, 4.69) is 10.6 Å². The first kappa shape index (κ1) is 30.8. The van der Waals surface area contributed by atoms with Gasteiger partial charge in [-0.2, -0.15) is 13.2 Å². The lowest BCUT2D eigenvalue weighted by Gasteiger charge is -2.38. The molecule has 0 radical (unpaired) electrons. The van der Waals surface area contributed by atoms with Crippen molar-refractivity contribution in [3.05, 3.63) is 54.1 Å². The maximum atomic E-state index is 14.3. The molecule has 39 heavy (non-hydrogen) atoms. The number of carbonyl (C=O) groups excluding carboxylic acids is 2. The van der Waals surface area contributed by atoms with Gasteiger partial charge < -0.3 is 10.1 Å². The van der Waals surface area contributed by atoms with Gasteiger partial charge in [0, 0.05) is 11.7 Å². The van der Waals surface area contributed by atoms with Crippen LogP contribution in [0.1, 0.15) is 45.7 Å². The van der Waals surface area contributed by atoms with Crippen LogP contribution >= 0.6 is 0 Å². The van der Waals surface area contributed by atoms with Crippen molar-refractivity contribution in [3.63, 3.8) is 0 Å². The van der Waals surface area contributed by atoms with Crippen LogP contribution < -0.4 is 10.6 Å². The highest BCUT2D eigenvalue weighted by molar-refractivity contribution is 7.90. The van der Waals surface area contributed by atoms with Gasteiger partial charge in [-0.15, -0.1) is 0 Å². The molecule has 0 saturated carbocycles. The molecule has 1 unspecified atom stereocenters. The fourth-order valence-electron chi connectivity index (χ4n) is 4.60. The van der Waals surface area contributed by atoms with Crippen molar-refractivity contribution in [1.82, 2.24) is 10.6 Å². The molecule has 3 rings (SSSR count). The van der Waals surface area contributed by atoms with Crippen molar-refractivity contribution in [1.29, 1.82) is 0 Å². The summed E-state index contributed by atoms with van der Waals surface area (Å²) in [4.78, 5) is 25.8. The third-order valence-corrected chi connectivity index (χ3v) is 7.82. The summed E-state index contributed by atoms with van der Waals surface area (Å²) in [6.45, 7) is 7.20. The van der Waals surface area contributed by atoms with Crippen molar-refractivity contribution < 1.29 is 35.9 Å². The van der Waals surface area contributed by atoms with Gasteiger partial charge in [0.2, 0.25) is 5.91 Å². The van der Waals surface area contributed by atoms with Crippen molar-refractivity contribution in [2.45, 2.75) is 63.3 Å². The lowest BCUT2D eigenvalue weighted by atomic mass is 9.81. The molecule has 1 aliphatic rings. The van der Waals surface area contributed by atoms with Gasteiger partial charge in [-0.1, -0.05) is 64.1 Å². The standard InChI is InChI=1S/C28H35F3N2O5S/c1-17(2)14-22(26(35)33-25-23(34)15-38-16-27(25,3)4)32-24(28(29,30)31)20-8-6-18(7-9-20)19-10-12-21(13-11-19)39(5,36)37/h6-13,17,22,24-25,32H,14-16H2,1-5H3,(H,33,35)/t22-,24-,25?/m0/s1. The van der Waals surface area contributed by atoms with Crippen molar-refractivity contribution in [3.8, 4) is 11.1 Å². The summed E-state index contributed by atoms with van der Waals surface area (Å²) in [5, 5.41) is 5.19. The summed E-state index contributed by atoms with van der Waals surface area (Å²) in [5.41, 5.74) is 0.470. The number of sulfone groups is 1. The molecule has 1 amide bonds. The molecule has 0 aromatic heterocycles. The van der Waals surface area contributed by atoms with Crippen molar-refractivity contribution in [2.75, 3.05) is 19.5 Å². The lowest BCUT2D eigenvalue weighted by Crippen LogP contribution is -2.60. The van der Waals surface area contributed by atoms with Gasteiger partial charge in [0.15, 0.2) is 15.6 Å². The van der Waals surface area contributed by atoms with E-state index in [0.29, 0.717) is 11.1 Å². The van der Waals surface area contributed by atoms with Gasteiger partial charge in [0.05, 0.1) is 23.6 Å². The highest BCUT2D eigenvalue weighted by Gasteiger charge is 2.45. The van der Waals surface area contributed by atoms with E-state index in [9.17, 15) is 31.2 Å². The minimum Gasteiger partial charge on any atom is -0.373 e. The van der Waals surface area contributed by atoms with E-state index in [0.717, 1.165) is 6.26 Å². The minimum absolute atomic E-state index is 0.0805. The molecule has 0 spiro atoms. The first-order chi connectivity index (χ1) is 18.0. The molecular formula is C28H35F3N2O5S. The average molecular weight is 569 g/mol. The lowest BCUT2D eigenvalue weighted by molar-refractivity contribution is -0.162. The summed E-state index contributed by atoms with van der Waals surface area (Å²) in [5.74, 6) is -1.10. The highest BCUT2D eigenvalue weighted by atomic mass is 32.2. The van der Waals surface area contributed by atoms with Gasteiger partial charge in [-0.05, 0) is 41.2 Å². The third-order valence-electron chi connectivity index (χ3n) is 6.69. The van der Waals surface area contributed by atoms with Crippen molar-refractivity contribution in [2.24, 2.45) is 11.3 Å². The Morgan fingerprint density at radius 2 is 1.59 bits per heavy atom. The summed E-state index contributed by atoms with van der Waals surface area (Å²) in [6, 6.07) is 7.57. The van der Waals surface area contributed by atoms with E-state index in [1.54, 1.807) is 39.8 Å².